The molecule has 1 aliphatic heterocycles. The van der Waals surface area contributed by atoms with E-state index in [4.69, 9.17) is 0 Å². The Balaban J connectivity index is 1.99. The fraction of sp³-hybridized carbons (Fsp3) is 0.588. The van der Waals surface area contributed by atoms with Gasteiger partial charge in [0, 0.05) is 12.0 Å². The van der Waals surface area contributed by atoms with Gasteiger partial charge in [0.15, 0.2) is 5.78 Å². The number of nitrogens with one attached hydrogen (secondary N) is 1. The van der Waals surface area contributed by atoms with E-state index in [1.807, 2.05) is 12.1 Å². The Labute approximate surface area is 116 Å². The van der Waals surface area contributed by atoms with Gasteiger partial charge < -0.3 is 5.32 Å². The minimum absolute atomic E-state index is 0.148. The molecule has 1 N–H and O–H groups in total. The molecule has 1 fully saturated rings. The molecule has 0 aliphatic carbocycles. The quantitative estimate of drug-likeness (QED) is 0.841. The monoisotopic (exact) mass is 259 g/mol. The van der Waals surface area contributed by atoms with Gasteiger partial charge >= 0.3 is 0 Å². The first-order valence-corrected chi connectivity index (χ1v) is 7.31. The molecule has 0 spiro atoms. The van der Waals surface area contributed by atoms with Crippen LogP contribution in [0.4, 0.5) is 0 Å². The number of Topliss-reactive ketones (excluding diaryl/α,β-unsaturated/α-hetero) is 1. The number of carbonyl (C=O) groups excluding carboxylic acids is 1. The summed E-state index contributed by atoms with van der Waals surface area (Å²) in [6, 6.07) is 8.15. The molecule has 1 heterocycles. The van der Waals surface area contributed by atoms with Gasteiger partial charge in [0.1, 0.15) is 0 Å². The second-order valence-electron chi connectivity index (χ2n) is 6.67. The molecule has 1 aromatic rings. The maximum absolute atomic E-state index is 12.2. The Kier molecular flexibility index (Phi) is 4.41. The molecule has 1 aliphatic rings. The van der Waals surface area contributed by atoms with Gasteiger partial charge in [0.25, 0.3) is 0 Å². The molecule has 1 unspecified atom stereocenters. The van der Waals surface area contributed by atoms with Gasteiger partial charge in [-0.15, -0.1) is 0 Å². The van der Waals surface area contributed by atoms with E-state index in [0.717, 1.165) is 18.7 Å². The third kappa shape index (κ3) is 3.90. The maximum Gasteiger partial charge on any atom is 0.163 e. The van der Waals surface area contributed by atoms with E-state index in [0.29, 0.717) is 12.3 Å². The van der Waals surface area contributed by atoms with Gasteiger partial charge in [-0.2, -0.15) is 0 Å². The Morgan fingerprint density at radius 2 is 1.95 bits per heavy atom. The third-order valence-electron chi connectivity index (χ3n) is 3.95. The SMILES string of the molecule is CC(C)(C)c1ccc(C(=O)CC2CCCNC2)cc1. The van der Waals surface area contributed by atoms with Crippen molar-refractivity contribution in [2.24, 2.45) is 5.92 Å². The van der Waals surface area contributed by atoms with Crippen molar-refractivity contribution in [2.45, 2.75) is 45.4 Å². The fourth-order valence-electron chi connectivity index (χ4n) is 2.63. The normalized spacial score (nSPS) is 20.3. The van der Waals surface area contributed by atoms with Gasteiger partial charge in [-0.1, -0.05) is 45.0 Å². The zero-order valence-corrected chi connectivity index (χ0v) is 12.3. The lowest BCUT2D eigenvalue weighted by atomic mass is 9.85. The zero-order valence-electron chi connectivity index (χ0n) is 12.3. The van der Waals surface area contributed by atoms with Crippen LogP contribution in [0.15, 0.2) is 24.3 Å². The summed E-state index contributed by atoms with van der Waals surface area (Å²) in [7, 11) is 0. The second-order valence-corrected chi connectivity index (χ2v) is 6.67. The number of rotatable bonds is 3. The van der Waals surface area contributed by atoms with Crippen molar-refractivity contribution in [1.29, 1.82) is 0 Å². The van der Waals surface area contributed by atoms with Crippen LogP contribution in [0.5, 0.6) is 0 Å². The number of ketones is 1. The number of piperidine rings is 1. The lowest BCUT2D eigenvalue weighted by Crippen LogP contribution is -2.31. The van der Waals surface area contributed by atoms with Gasteiger partial charge in [0.2, 0.25) is 0 Å². The summed E-state index contributed by atoms with van der Waals surface area (Å²) < 4.78 is 0. The molecule has 1 aromatic carbocycles. The number of benzene rings is 1. The van der Waals surface area contributed by atoms with E-state index in [2.05, 4.69) is 38.2 Å². The van der Waals surface area contributed by atoms with E-state index in [1.165, 1.54) is 18.4 Å². The Bertz CT molecular complexity index is 422. The van der Waals surface area contributed by atoms with Crippen LogP contribution < -0.4 is 5.32 Å². The van der Waals surface area contributed by atoms with Crippen molar-refractivity contribution >= 4 is 5.78 Å². The molecule has 19 heavy (non-hydrogen) atoms. The molecule has 2 rings (SSSR count). The van der Waals surface area contributed by atoms with E-state index in [1.54, 1.807) is 0 Å². The van der Waals surface area contributed by atoms with Crippen LogP contribution in [-0.4, -0.2) is 18.9 Å². The molecular formula is C17H25NO. The molecular weight excluding hydrogens is 234 g/mol. The lowest BCUT2D eigenvalue weighted by Gasteiger charge is -2.22. The number of carbonyl (C=O) groups is 1. The first-order valence-electron chi connectivity index (χ1n) is 7.31. The van der Waals surface area contributed by atoms with Gasteiger partial charge in [-0.3, -0.25) is 4.79 Å². The highest BCUT2D eigenvalue weighted by atomic mass is 16.1. The van der Waals surface area contributed by atoms with Crippen LogP contribution in [0.3, 0.4) is 0 Å². The van der Waals surface area contributed by atoms with Crippen LogP contribution in [0.2, 0.25) is 0 Å². The van der Waals surface area contributed by atoms with E-state index in [-0.39, 0.29) is 11.2 Å². The van der Waals surface area contributed by atoms with Crippen LogP contribution in [0, 0.1) is 5.92 Å². The van der Waals surface area contributed by atoms with Crippen molar-refractivity contribution in [1.82, 2.24) is 5.32 Å². The summed E-state index contributed by atoms with van der Waals surface area (Å²) in [5.41, 5.74) is 2.29. The van der Waals surface area contributed by atoms with Gasteiger partial charge in [-0.05, 0) is 42.8 Å². The number of hydrogen-bond acceptors (Lipinski definition) is 2. The van der Waals surface area contributed by atoms with Crippen molar-refractivity contribution < 1.29 is 4.79 Å². The summed E-state index contributed by atoms with van der Waals surface area (Å²) in [6.45, 7) is 8.67. The average Bonchev–Trinajstić information content (AvgIpc) is 2.39. The molecule has 0 aromatic heterocycles. The van der Waals surface area contributed by atoms with E-state index < -0.39 is 0 Å². The predicted octanol–water partition coefficient (Wildman–Crippen LogP) is 3.56. The molecule has 0 amide bonds. The van der Waals surface area contributed by atoms with Gasteiger partial charge in [0.05, 0.1) is 0 Å². The van der Waals surface area contributed by atoms with E-state index in [9.17, 15) is 4.79 Å². The van der Waals surface area contributed by atoms with Crippen LogP contribution in [0.25, 0.3) is 0 Å². The Morgan fingerprint density at radius 1 is 1.26 bits per heavy atom. The average molecular weight is 259 g/mol. The standard InChI is InChI=1S/C17H25NO/c1-17(2,3)15-8-6-14(7-9-15)16(19)11-13-5-4-10-18-12-13/h6-9,13,18H,4-5,10-12H2,1-3H3. The largest absolute Gasteiger partial charge is 0.316 e. The third-order valence-corrected chi connectivity index (χ3v) is 3.95. The Hall–Kier alpha value is -1.15. The zero-order chi connectivity index (χ0) is 13.9. The summed E-state index contributed by atoms with van der Waals surface area (Å²) in [5.74, 6) is 0.803. The molecule has 104 valence electrons. The highest BCUT2D eigenvalue weighted by Gasteiger charge is 2.18. The topological polar surface area (TPSA) is 29.1 Å². The molecule has 0 bridgehead atoms. The summed E-state index contributed by atoms with van der Waals surface area (Å²) in [6.07, 6.45) is 3.06. The highest BCUT2D eigenvalue weighted by molar-refractivity contribution is 5.96. The first-order chi connectivity index (χ1) is 8.97. The fourth-order valence-corrected chi connectivity index (χ4v) is 2.63. The van der Waals surface area contributed by atoms with Crippen molar-refractivity contribution in [2.75, 3.05) is 13.1 Å². The predicted molar refractivity (Wildman–Crippen MR) is 79.7 cm³/mol. The minimum atomic E-state index is 0.148. The second kappa shape index (κ2) is 5.87. The lowest BCUT2D eigenvalue weighted by molar-refractivity contribution is 0.0954. The summed E-state index contributed by atoms with van der Waals surface area (Å²) in [5, 5.41) is 3.37. The van der Waals surface area contributed by atoms with Crippen molar-refractivity contribution in [3.8, 4) is 0 Å². The first kappa shape index (κ1) is 14.3. The molecule has 0 saturated carbocycles. The molecule has 1 saturated heterocycles. The van der Waals surface area contributed by atoms with Crippen LogP contribution in [0.1, 0.15) is 56.0 Å². The van der Waals surface area contributed by atoms with Crippen molar-refractivity contribution in [3.63, 3.8) is 0 Å². The van der Waals surface area contributed by atoms with Crippen molar-refractivity contribution in [3.05, 3.63) is 35.4 Å². The molecule has 0 radical (unpaired) electrons. The Morgan fingerprint density at radius 3 is 2.47 bits per heavy atom. The highest BCUT2D eigenvalue weighted by Crippen LogP contribution is 2.23. The molecule has 2 nitrogen and oxygen atoms in total. The minimum Gasteiger partial charge on any atom is -0.316 e. The van der Waals surface area contributed by atoms with Crippen LogP contribution >= 0.6 is 0 Å². The van der Waals surface area contributed by atoms with Gasteiger partial charge in [-0.25, -0.2) is 0 Å². The number of hydrogen-bond donors (Lipinski definition) is 1. The molecule has 2 heteroatoms. The maximum atomic E-state index is 12.2. The van der Waals surface area contributed by atoms with E-state index >= 15 is 0 Å². The summed E-state index contributed by atoms with van der Waals surface area (Å²) in [4.78, 5) is 12.2. The molecule has 1 atom stereocenters. The summed E-state index contributed by atoms with van der Waals surface area (Å²) >= 11 is 0. The van der Waals surface area contributed by atoms with Crippen LogP contribution in [-0.2, 0) is 5.41 Å². The smallest absolute Gasteiger partial charge is 0.163 e.